The average molecular weight is 287 g/mol. The molecule has 0 spiro atoms. The van der Waals surface area contributed by atoms with Gasteiger partial charge in [0.2, 0.25) is 0 Å². The van der Waals surface area contributed by atoms with Crippen molar-refractivity contribution in [2.24, 2.45) is 0 Å². The Bertz CT molecular complexity index is 780. The Kier molecular flexibility index (Phi) is 3.33. The maximum absolute atomic E-state index is 14.2. The van der Waals surface area contributed by atoms with Gasteiger partial charge in [-0.05, 0) is 30.9 Å². The van der Waals surface area contributed by atoms with Crippen molar-refractivity contribution in [3.8, 4) is 0 Å². The second-order valence-corrected chi connectivity index (χ2v) is 5.17. The lowest BCUT2D eigenvalue weighted by Gasteiger charge is -2.13. The number of carboxylic acid groups (broad SMARTS) is 1. The summed E-state index contributed by atoms with van der Waals surface area (Å²) in [6.45, 7) is 0.0644. The number of pyridine rings is 1. The molecule has 0 aliphatic heterocycles. The summed E-state index contributed by atoms with van der Waals surface area (Å²) in [5, 5.41) is 8.96. The van der Waals surface area contributed by atoms with Crippen molar-refractivity contribution in [3.63, 3.8) is 0 Å². The number of aryl methyl sites for hydroxylation is 1. The van der Waals surface area contributed by atoms with Crippen LogP contribution in [-0.4, -0.2) is 15.6 Å². The number of nitrogens with zero attached hydrogens (tertiary/aromatic N) is 1. The molecule has 1 aromatic heterocycles. The van der Waals surface area contributed by atoms with Crippen LogP contribution >= 0.6 is 0 Å². The highest BCUT2D eigenvalue weighted by Crippen LogP contribution is 2.21. The molecule has 4 nitrogen and oxygen atoms in total. The van der Waals surface area contributed by atoms with Crippen molar-refractivity contribution >= 4 is 5.97 Å². The first-order valence-corrected chi connectivity index (χ1v) is 6.80. The maximum Gasteiger partial charge on any atom is 0.338 e. The van der Waals surface area contributed by atoms with Gasteiger partial charge in [0.05, 0.1) is 12.1 Å². The zero-order chi connectivity index (χ0) is 15.0. The van der Waals surface area contributed by atoms with Gasteiger partial charge in [0.25, 0.3) is 5.56 Å². The van der Waals surface area contributed by atoms with E-state index >= 15 is 0 Å². The fourth-order valence-electron chi connectivity index (χ4n) is 2.84. The van der Waals surface area contributed by atoms with Crippen LogP contribution in [-0.2, 0) is 19.4 Å². The molecule has 0 unspecified atom stereocenters. The van der Waals surface area contributed by atoms with Gasteiger partial charge in [-0.1, -0.05) is 18.2 Å². The van der Waals surface area contributed by atoms with Gasteiger partial charge in [-0.2, -0.15) is 0 Å². The topological polar surface area (TPSA) is 59.3 Å². The number of fused-ring (bicyclic) bond motifs is 1. The molecule has 21 heavy (non-hydrogen) atoms. The molecular weight excluding hydrogens is 273 g/mol. The summed E-state index contributed by atoms with van der Waals surface area (Å²) in [6, 6.07) is 7.55. The van der Waals surface area contributed by atoms with Crippen LogP contribution in [0.4, 0.5) is 4.39 Å². The fourth-order valence-corrected chi connectivity index (χ4v) is 2.84. The molecule has 0 fully saturated rings. The summed E-state index contributed by atoms with van der Waals surface area (Å²) in [5.41, 5.74) is 1.72. The molecule has 0 bridgehead atoms. The molecule has 0 radical (unpaired) electrons. The zero-order valence-electron chi connectivity index (χ0n) is 11.3. The van der Waals surface area contributed by atoms with E-state index in [4.69, 9.17) is 5.11 Å². The third-order valence-electron chi connectivity index (χ3n) is 3.89. The van der Waals surface area contributed by atoms with Gasteiger partial charge in [0, 0.05) is 17.3 Å². The number of rotatable bonds is 3. The molecule has 1 aliphatic carbocycles. The van der Waals surface area contributed by atoms with E-state index in [0.29, 0.717) is 0 Å². The second-order valence-electron chi connectivity index (χ2n) is 5.17. The first-order valence-electron chi connectivity index (χ1n) is 6.80. The number of carboxylic acids is 1. The molecule has 0 saturated heterocycles. The lowest BCUT2D eigenvalue weighted by Crippen LogP contribution is -2.24. The van der Waals surface area contributed by atoms with Gasteiger partial charge < -0.3 is 9.67 Å². The van der Waals surface area contributed by atoms with Crippen LogP contribution in [0.5, 0.6) is 0 Å². The third-order valence-corrected chi connectivity index (χ3v) is 3.89. The molecule has 5 heteroatoms. The minimum atomic E-state index is -1.31. The number of hydrogen-bond donors (Lipinski definition) is 1. The van der Waals surface area contributed by atoms with E-state index in [9.17, 15) is 14.0 Å². The van der Waals surface area contributed by atoms with Gasteiger partial charge in [0.15, 0.2) is 0 Å². The average Bonchev–Trinajstić information content (AvgIpc) is 2.92. The predicted octanol–water partition coefficient (Wildman–Crippen LogP) is 2.22. The summed E-state index contributed by atoms with van der Waals surface area (Å²) < 4.78 is 15.7. The van der Waals surface area contributed by atoms with E-state index in [1.165, 1.54) is 24.3 Å². The summed E-state index contributed by atoms with van der Waals surface area (Å²) in [5.74, 6) is -2.08. The summed E-state index contributed by atoms with van der Waals surface area (Å²) in [7, 11) is 0. The Morgan fingerprint density at radius 2 is 2.05 bits per heavy atom. The smallest absolute Gasteiger partial charge is 0.338 e. The number of aromatic carboxylic acids is 1. The third kappa shape index (κ3) is 2.35. The van der Waals surface area contributed by atoms with E-state index in [0.717, 1.165) is 30.5 Å². The predicted molar refractivity (Wildman–Crippen MR) is 75.2 cm³/mol. The first kappa shape index (κ1) is 13.5. The Hall–Kier alpha value is -2.43. The number of hydrogen-bond acceptors (Lipinski definition) is 2. The summed E-state index contributed by atoms with van der Waals surface area (Å²) in [4.78, 5) is 23.0. The highest BCUT2D eigenvalue weighted by atomic mass is 19.1. The Labute approximate surface area is 120 Å². The highest BCUT2D eigenvalue weighted by Gasteiger charge is 2.18. The number of aromatic nitrogens is 1. The lowest BCUT2D eigenvalue weighted by molar-refractivity contribution is 0.0691. The summed E-state index contributed by atoms with van der Waals surface area (Å²) in [6.07, 6.45) is 2.70. The fraction of sp³-hybridized carbons (Fsp3) is 0.250. The van der Waals surface area contributed by atoms with Crippen LogP contribution in [0.2, 0.25) is 0 Å². The van der Waals surface area contributed by atoms with Crippen molar-refractivity contribution in [1.82, 2.24) is 4.57 Å². The monoisotopic (exact) mass is 287 g/mol. The number of halogens is 1. The van der Waals surface area contributed by atoms with Crippen molar-refractivity contribution in [2.75, 3.05) is 0 Å². The lowest BCUT2D eigenvalue weighted by atomic mass is 10.1. The molecule has 0 saturated carbocycles. The van der Waals surface area contributed by atoms with Crippen LogP contribution in [0.3, 0.4) is 0 Å². The first-order chi connectivity index (χ1) is 10.1. The molecule has 1 heterocycles. The van der Waals surface area contributed by atoms with Crippen LogP contribution in [0.1, 0.15) is 33.6 Å². The quantitative estimate of drug-likeness (QED) is 0.941. The van der Waals surface area contributed by atoms with Crippen molar-refractivity contribution in [1.29, 1.82) is 0 Å². The molecular formula is C16H14FNO3. The maximum atomic E-state index is 14.2. The SMILES string of the molecule is O=C(O)c1cccc(Cn2c3c(ccc2=O)CCC3)c1F. The van der Waals surface area contributed by atoms with Gasteiger partial charge >= 0.3 is 5.97 Å². The molecule has 0 atom stereocenters. The van der Waals surface area contributed by atoms with Gasteiger partial charge in [-0.15, -0.1) is 0 Å². The second kappa shape index (κ2) is 5.16. The number of benzene rings is 1. The van der Waals surface area contributed by atoms with Crippen LogP contribution in [0, 0.1) is 5.82 Å². The molecule has 1 aliphatic rings. The van der Waals surface area contributed by atoms with E-state index < -0.39 is 11.8 Å². The van der Waals surface area contributed by atoms with Crippen LogP contribution in [0.15, 0.2) is 35.1 Å². The molecule has 1 N–H and O–H groups in total. The van der Waals surface area contributed by atoms with Crippen molar-refractivity contribution < 1.29 is 14.3 Å². The van der Waals surface area contributed by atoms with Gasteiger partial charge in [-0.25, -0.2) is 9.18 Å². The molecule has 0 amide bonds. The van der Waals surface area contributed by atoms with Crippen LogP contribution in [0.25, 0.3) is 0 Å². The molecule has 2 aromatic rings. The Balaban J connectivity index is 2.06. The van der Waals surface area contributed by atoms with E-state index in [1.54, 1.807) is 4.57 Å². The van der Waals surface area contributed by atoms with Gasteiger partial charge in [-0.3, -0.25) is 4.79 Å². The highest BCUT2D eigenvalue weighted by molar-refractivity contribution is 5.88. The summed E-state index contributed by atoms with van der Waals surface area (Å²) >= 11 is 0. The van der Waals surface area contributed by atoms with Crippen LogP contribution < -0.4 is 5.56 Å². The molecule has 1 aromatic carbocycles. The normalized spacial score (nSPS) is 13.2. The van der Waals surface area contributed by atoms with E-state index in [1.807, 2.05) is 6.07 Å². The number of carbonyl (C=O) groups is 1. The van der Waals surface area contributed by atoms with Crippen molar-refractivity contribution in [2.45, 2.75) is 25.8 Å². The minimum Gasteiger partial charge on any atom is -0.478 e. The minimum absolute atomic E-state index is 0.0644. The van der Waals surface area contributed by atoms with E-state index in [-0.39, 0.29) is 23.2 Å². The largest absolute Gasteiger partial charge is 0.478 e. The van der Waals surface area contributed by atoms with Gasteiger partial charge in [0.1, 0.15) is 5.82 Å². The zero-order valence-corrected chi connectivity index (χ0v) is 11.3. The Morgan fingerprint density at radius 3 is 2.81 bits per heavy atom. The standard InChI is InChI=1S/C16H14FNO3/c17-15-11(4-1-5-12(15)16(20)21)9-18-13-6-2-3-10(13)7-8-14(18)19/h1,4-5,7-8H,2-3,6,9H2,(H,20,21). The van der Waals surface area contributed by atoms with E-state index in [2.05, 4.69) is 0 Å². The molecule has 108 valence electrons. The molecule has 3 rings (SSSR count). The Morgan fingerprint density at radius 1 is 1.24 bits per heavy atom. The van der Waals surface area contributed by atoms with Crippen molar-refractivity contribution in [3.05, 3.63) is 68.9 Å².